The molecule has 0 saturated carbocycles. The van der Waals surface area contributed by atoms with Crippen LogP contribution in [0.2, 0.25) is 0 Å². The summed E-state index contributed by atoms with van der Waals surface area (Å²) in [4.78, 5) is 3.99. The summed E-state index contributed by atoms with van der Waals surface area (Å²) in [5, 5.41) is 12.0. The minimum atomic E-state index is 0.476. The number of benzene rings is 1. The van der Waals surface area contributed by atoms with Crippen molar-refractivity contribution in [1.82, 2.24) is 4.98 Å². The number of hydrogen-bond donors (Lipinski definition) is 2. The molecule has 0 spiro atoms. The third-order valence-electron chi connectivity index (χ3n) is 2.38. The molecule has 0 aliphatic rings. The van der Waals surface area contributed by atoms with E-state index in [1.165, 1.54) is 0 Å². The minimum absolute atomic E-state index is 0.476. The normalized spacial score (nSPS) is 9.59. The number of anilines is 2. The van der Waals surface area contributed by atoms with Crippen molar-refractivity contribution < 1.29 is 0 Å². The Kier molecular flexibility index (Phi) is 3.22. The zero-order valence-corrected chi connectivity index (χ0v) is 9.22. The Labute approximate surface area is 99.7 Å². The third kappa shape index (κ3) is 2.73. The Morgan fingerprint density at radius 1 is 1.29 bits per heavy atom. The van der Waals surface area contributed by atoms with Crippen LogP contribution in [0.3, 0.4) is 0 Å². The lowest BCUT2D eigenvalue weighted by atomic mass is 10.1. The van der Waals surface area contributed by atoms with Crippen LogP contribution in [0, 0.1) is 11.3 Å². The first-order valence-electron chi connectivity index (χ1n) is 5.23. The molecule has 0 radical (unpaired) electrons. The molecule has 3 N–H and O–H groups in total. The Bertz CT molecular complexity index is 557. The van der Waals surface area contributed by atoms with Crippen LogP contribution in [0.25, 0.3) is 0 Å². The number of nitrogens with zero attached hydrogens (tertiary/aromatic N) is 2. The van der Waals surface area contributed by atoms with E-state index in [-0.39, 0.29) is 0 Å². The van der Waals surface area contributed by atoms with Gasteiger partial charge in [-0.1, -0.05) is 12.1 Å². The number of pyridine rings is 1. The predicted octanol–water partition coefficient (Wildman–Crippen LogP) is 2.15. The van der Waals surface area contributed by atoms with Gasteiger partial charge in [0, 0.05) is 12.7 Å². The lowest BCUT2D eigenvalue weighted by molar-refractivity contribution is 1.14. The summed E-state index contributed by atoms with van der Waals surface area (Å²) in [7, 11) is 0. The molecule has 0 bridgehead atoms. The Morgan fingerprint density at radius 2 is 2.18 bits per heavy atom. The first-order valence-corrected chi connectivity index (χ1v) is 5.23. The van der Waals surface area contributed by atoms with Gasteiger partial charge >= 0.3 is 0 Å². The molecule has 0 amide bonds. The summed E-state index contributed by atoms with van der Waals surface area (Å²) >= 11 is 0. The summed E-state index contributed by atoms with van der Waals surface area (Å²) in [6, 6.07) is 13.3. The maximum absolute atomic E-state index is 8.79. The van der Waals surface area contributed by atoms with Crippen molar-refractivity contribution in [2.24, 2.45) is 0 Å². The molecule has 2 rings (SSSR count). The highest BCUT2D eigenvalue weighted by molar-refractivity contribution is 5.61. The fourth-order valence-corrected chi connectivity index (χ4v) is 1.52. The first-order chi connectivity index (χ1) is 8.29. The molecule has 4 heteroatoms. The van der Waals surface area contributed by atoms with Gasteiger partial charge in [0.15, 0.2) is 0 Å². The SMILES string of the molecule is N#Cc1cccc(CNc2cccnc2N)c1. The molecular formula is C13H12N4. The average Bonchev–Trinajstić information content (AvgIpc) is 2.38. The number of nitrogen functional groups attached to an aromatic ring is 1. The van der Waals surface area contributed by atoms with Gasteiger partial charge in [-0.15, -0.1) is 0 Å². The van der Waals surface area contributed by atoms with E-state index in [1.807, 2.05) is 30.3 Å². The Balaban J connectivity index is 2.08. The van der Waals surface area contributed by atoms with Gasteiger partial charge in [0.1, 0.15) is 5.82 Å². The number of aromatic nitrogens is 1. The molecule has 84 valence electrons. The molecular weight excluding hydrogens is 212 g/mol. The highest BCUT2D eigenvalue weighted by atomic mass is 14.9. The summed E-state index contributed by atoms with van der Waals surface area (Å²) in [5.41, 5.74) is 8.21. The second kappa shape index (κ2) is 4.99. The summed E-state index contributed by atoms with van der Waals surface area (Å²) in [5.74, 6) is 0.476. The molecule has 1 aromatic heterocycles. The van der Waals surface area contributed by atoms with E-state index in [1.54, 1.807) is 12.3 Å². The van der Waals surface area contributed by atoms with Crippen LogP contribution < -0.4 is 11.1 Å². The number of nitrogens with two attached hydrogens (primary N) is 1. The van der Waals surface area contributed by atoms with Gasteiger partial charge in [0.05, 0.1) is 17.3 Å². The van der Waals surface area contributed by atoms with Gasteiger partial charge in [-0.2, -0.15) is 5.26 Å². The van der Waals surface area contributed by atoms with Gasteiger partial charge in [0.2, 0.25) is 0 Å². The van der Waals surface area contributed by atoms with Gasteiger partial charge in [-0.3, -0.25) is 0 Å². The van der Waals surface area contributed by atoms with Crippen LogP contribution in [0.5, 0.6) is 0 Å². The predicted molar refractivity (Wildman–Crippen MR) is 67.1 cm³/mol. The Hall–Kier alpha value is -2.54. The molecule has 1 heterocycles. The van der Waals surface area contributed by atoms with Crippen LogP contribution >= 0.6 is 0 Å². The zero-order chi connectivity index (χ0) is 12.1. The molecule has 0 unspecified atom stereocenters. The van der Waals surface area contributed by atoms with Crippen LogP contribution in [-0.2, 0) is 6.54 Å². The molecule has 17 heavy (non-hydrogen) atoms. The van der Waals surface area contributed by atoms with Crippen LogP contribution in [-0.4, -0.2) is 4.98 Å². The van der Waals surface area contributed by atoms with Crippen molar-refractivity contribution in [3.8, 4) is 6.07 Å². The lowest BCUT2D eigenvalue weighted by Gasteiger charge is -2.08. The highest BCUT2D eigenvalue weighted by Gasteiger charge is 1.99. The van der Waals surface area contributed by atoms with E-state index in [0.717, 1.165) is 11.3 Å². The number of nitriles is 1. The molecule has 0 aliphatic heterocycles. The van der Waals surface area contributed by atoms with E-state index in [4.69, 9.17) is 11.0 Å². The van der Waals surface area contributed by atoms with E-state index >= 15 is 0 Å². The smallest absolute Gasteiger partial charge is 0.146 e. The largest absolute Gasteiger partial charge is 0.382 e. The van der Waals surface area contributed by atoms with E-state index in [9.17, 15) is 0 Å². The van der Waals surface area contributed by atoms with Crippen molar-refractivity contribution in [2.45, 2.75) is 6.54 Å². The zero-order valence-electron chi connectivity index (χ0n) is 9.22. The summed E-state index contributed by atoms with van der Waals surface area (Å²) in [6.07, 6.45) is 1.65. The van der Waals surface area contributed by atoms with E-state index < -0.39 is 0 Å². The molecule has 1 aromatic carbocycles. The third-order valence-corrected chi connectivity index (χ3v) is 2.38. The van der Waals surface area contributed by atoms with Gasteiger partial charge in [0.25, 0.3) is 0 Å². The van der Waals surface area contributed by atoms with Crippen LogP contribution in [0.1, 0.15) is 11.1 Å². The topological polar surface area (TPSA) is 74.7 Å². The standard InChI is InChI=1S/C13H12N4/c14-8-10-3-1-4-11(7-10)9-17-12-5-2-6-16-13(12)15/h1-7,17H,9H2,(H2,15,16). The van der Waals surface area contributed by atoms with Crippen molar-refractivity contribution in [1.29, 1.82) is 5.26 Å². The van der Waals surface area contributed by atoms with E-state index in [2.05, 4.69) is 16.4 Å². The van der Waals surface area contributed by atoms with Crippen molar-refractivity contribution in [2.75, 3.05) is 11.1 Å². The molecule has 0 saturated heterocycles. The van der Waals surface area contributed by atoms with Gasteiger partial charge in [-0.25, -0.2) is 4.98 Å². The van der Waals surface area contributed by atoms with Crippen LogP contribution in [0.4, 0.5) is 11.5 Å². The average molecular weight is 224 g/mol. The maximum Gasteiger partial charge on any atom is 0.146 e. The molecule has 0 atom stereocenters. The van der Waals surface area contributed by atoms with E-state index in [0.29, 0.717) is 17.9 Å². The second-order valence-electron chi connectivity index (χ2n) is 3.60. The Morgan fingerprint density at radius 3 is 2.94 bits per heavy atom. The highest BCUT2D eigenvalue weighted by Crippen LogP contribution is 2.15. The molecule has 4 nitrogen and oxygen atoms in total. The first kappa shape index (κ1) is 11.0. The van der Waals surface area contributed by atoms with Gasteiger partial charge in [-0.05, 0) is 29.8 Å². The van der Waals surface area contributed by atoms with Crippen molar-refractivity contribution >= 4 is 11.5 Å². The number of nitrogens with one attached hydrogen (secondary N) is 1. The van der Waals surface area contributed by atoms with Gasteiger partial charge < -0.3 is 11.1 Å². The fraction of sp³-hybridized carbons (Fsp3) is 0.0769. The maximum atomic E-state index is 8.79. The molecule has 0 fully saturated rings. The van der Waals surface area contributed by atoms with Crippen molar-refractivity contribution in [3.63, 3.8) is 0 Å². The van der Waals surface area contributed by atoms with Crippen LogP contribution in [0.15, 0.2) is 42.6 Å². The lowest BCUT2D eigenvalue weighted by Crippen LogP contribution is -2.03. The fourth-order valence-electron chi connectivity index (χ4n) is 1.52. The molecule has 2 aromatic rings. The minimum Gasteiger partial charge on any atom is -0.382 e. The second-order valence-corrected chi connectivity index (χ2v) is 3.60. The molecule has 0 aliphatic carbocycles. The monoisotopic (exact) mass is 224 g/mol. The quantitative estimate of drug-likeness (QED) is 0.837. The summed E-state index contributed by atoms with van der Waals surface area (Å²) in [6.45, 7) is 0.616. The number of hydrogen-bond acceptors (Lipinski definition) is 4. The number of rotatable bonds is 3. The van der Waals surface area contributed by atoms with Crippen molar-refractivity contribution in [3.05, 3.63) is 53.7 Å². The summed E-state index contributed by atoms with van der Waals surface area (Å²) < 4.78 is 0.